The third-order valence-electron chi connectivity index (χ3n) is 2.27. The number of nitrogens with one attached hydrogen (secondary N) is 1. The Morgan fingerprint density at radius 1 is 1.60 bits per heavy atom. The van der Waals surface area contributed by atoms with Crippen molar-refractivity contribution in [3.05, 3.63) is 23.5 Å². The van der Waals surface area contributed by atoms with E-state index in [-0.39, 0.29) is 11.9 Å². The molecular weight excluding hydrogens is 194 g/mol. The van der Waals surface area contributed by atoms with Crippen molar-refractivity contribution in [3.63, 3.8) is 0 Å². The number of esters is 1. The fourth-order valence-electron chi connectivity index (χ4n) is 1.53. The van der Waals surface area contributed by atoms with Gasteiger partial charge in [0, 0.05) is 17.5 Å². The average Bonchev–Trinajstić information content (AvgIpc) is 2.67. The average molecular weight is 209 g/mol. The molecule has 0 aliphatic carbocycles. The van der Waals surface area contributed by atoms with E-state index < -0.39 is 0 Å². The van der Waals surface area contributed by atoms with Crippen LogP contribution >= 0.6 is 0 Å². The maximum atomic E-state index is 11.6. The van der Waals surface area contributed by atoms with Crippen LogP contribution in [0.3, 0.4) is 0 Å². The summed E-state index contributed by atoms with van der Waals surface area (Å²) < 4.78 is 4.94. The van der Waals surface area contributed by atoms with Gasteiger partial charge in [-0.05, 0) is 19.4 Å². The van der Waals surface area contributed by atoms with Gasteiger partial charge in [-0.2, -0.15) is 0 Å². The first-order valence-corrected chi connectivity index (χ1v) is 5.03. The molecule has 0 fully saturated rings. The second-order valence-corrected chi connectivity index (χ2v) is 3.18. The first kappa shape index (κ1) is 11.5. The molecule has 0 radical (unpaired) electrons. The Hall–Kier alpha value is -1.58. The molecule has 0 spiro atoms. The number of carbonyl (C=O) groups is 2. The van der Waals surface area contributed by atoms with E-state index in [0.717, 1.165) is 6.29 Å². The highest BCUT2D eigenvalue weighted by Crippen LogP contribution is 2.22. The van der Waals surface area contributed by atoms with Crippen LogP contribution in [0, 0.1) is 0 Å². The number of aromatic amines is 1. The summed E-state index contributed by atoms with van der Waals surface area (Å²) in [5.74, 6) is -0.661. The van der Waals surface area contributed by atoms with Crippen molar-refractivity contribution in [3.8, 4) is 0 Å². The van der Waals surface area contributed by atoms with Crippen LogP contribution in [0.25, 0.3) is 0 Å². The van der Waals surface area contributed by atoms with Gasteiger partial charge in [0.25, 0.3) is 0 Å². The second-order valence-electron chi connectivity index (χ2n) is 3.18. The lowest BCUT2D eigenvalue weighted by Crippen LogP contribution is -2.16. The summed E-state index contributed by atoms with van der Waals surface area (Å²) in [7, 11) is 0. The molecule has 0 unspecified atom stereocenters. The maximum absolute atomic E-state index is 11.6. The molecule has 0 saturated carbocycles. The summed E-state index contributed by atoms with van der Waals surface area (Å²) in [5, 5.41) is 0. The van der Waals surface area contributed by atoms with Crippen molar-refractivity contribution in [2.45, 2.75) is 26.2 Å². The predicted molar refractivity (Wildman–Crippen MR) is 55.8 cm³/mol. The summed E-state index contributed by atoms with van der Waals surface area (Å²) in [6.07, 6.45) is 3.01. The lowest BCUT2D eigenvalue weighted by Gasteiger charge is -2.12. The SMILES string of the molecule is CCOC(=O)[C@H](CC)c1[nH]ccc1C=O. The fourth-order valence-corrected chi connectivity index (χ4v) is 1.53. The van der Waals surface area contributed by atoms with E-state index in [1.807, 2.05) is 6.92 Å². The standard InChI is InChI=1S/C11H15NO3/c1-3-9(11(14)15-4-2)10-8(7-13)5-6-12-10/h5-7,9,12H,3-4H2,1-2H3/t9-/m1/s1. The number of rotatable bonds is 5. The normalized spacial score (nSPS) is 12.1. The molecule has 0 aromatic carbocycles. The minimum absolute atomic E-state index is 0.287. The van der Waals surface area contributed by atoms with E-state index in [0.29, 0.717) is 24.3 Å². The van der Waals surface area contributed by atoms with Crippen LogP contribution in [-0.4, -0.2) is 23.8 Å². The summed E-state index contributed by atoms with van der Waals surface area (Å²) in [4.78, 5) is 25.2. The molecule has 1 aromatic rings. The van der Waals surface area contributed by atoms with Crippen LogP contribution in [0.5, 0.6) is 0 Å². The molecule has 1 heterocycles. The molecule has 0 saturated heterocycles. The van der Waals surface area contributed by atoms with Crippen molar-refractivity contribution < 1.29 is 14.3 Å². The van der Waals surface area contributed by atoms with Crippen molar-refractivity contribution in [1.82, 2.24) is 4.98 Å². The van der Waals surface area contributed by atoms with Crippen molar-refractivity contribution in [2.75, 3.05) is 6.61 Å². The Labute approximate surface area is 88.6 Å². The van der Waals surface area contributed by atoms with Crippen molar-refractivity contribution >= 4 is 12.3 Å². The number of hydrogen-bond donors (Lipinski definition) is 1. The summed E-state index contributed by atoms with van der Waals surface area (Å²) in [5.41, 5.74) is 1.17. The summed E-state index contributed by atoms with van der Waals surface area (Å²) in [6.45, 7) is 4.00. The third kappa shape index (κ3) is 2.46. The summed E-state index contributed by atoms with van der Waals surface area (Å²) >= 11 is 0. The Balaban J connectivity index is 2.91. The highest BCUT2D eigenvalue weighted by atomic mass is 16.5. The van der Waals surface area contributed by atoms with Gasteiger partial charge >= 0.3 is 5.97 Å². The number of aromatic nitrogens is 1. The zero-order chi connectivity index (χ0) is 11.3. The number of ether oxygens (including phenoxy) is 1. The molecule has 15 heavy (non-hydrogen) atoms. The van der Waals surface area contributed by atoms with Crippen LogP contribution < -0.4 is 0 Å². The van der Waals surface area contributed by atoms with Gasteiger partial charge in [-0.3, -0.25) is 9.59 Å². The van der Waals surface area contributed by atoms with E-state index in [2.05, 4.69) is 4.98 Å². The Morgan fingerprint density at radius 3 is 2.87 bits per heavy atom. The minimum atomic E-state index is -0.375. The molecule has 1 N–H and O–H groups in total. The molecule has 4 nitrogen and oxygen atoms in total. The second kappa shape index (κ2) is 5.34. The van der Waals surface area contributed by atoms with E-state index in [4.69, 9.17) is 4.74 Å². The van der Waals surface area contributed by atoms with Crippen LogP contribution in [0.2, 0.25) is 0 Å². The van der Waals surface area contributed by atoms with E-state index in [1.165, 1.54) is 0 Å². The van der Waals surface area contributed by atoms with Gasteiger partial charge in [-0.15, -0.1) is 0 Å². The molecule has 1 aromatic heterocycles. The molecule has 0 aliphatic rings. The zero-order valence-corrected chi connectivity index (χ0v) is 8.95. The van der Waals surface area contributed by atoms with Crippen LogP contribution in [0.15, 0.2) is 12.3 Å². The highest BCUT2D eigenvalue weighted by Gasteiger charge is 2.23. The minimum Gasteiger partial charge on any atom is -0.465 e. The lowest BCUT2D eigenvalue weighted by atomic mass is 10.00. The number of aldehydes is 1. The maximum Gasteiger partial charge on any atom is 0.314 e. The topological polar surface area (TPSA) is 59.2 Å². The smallest absolute Gasteiger partial charge is 0.314 e. The van der Waals surface area contributed by atoms with Gasteiger partial charge in [-0.25, -0.2) is 0 Å². The fraction of sp³-hybridized carbons (Fsp3) is 0.455. The largest absolute Gasteiger partial charge is 0.465 e. The number of hydrogen-bond acceptors (Lipinski definition) is 3. The van der Waals surface area contributed by atoms with Gasteiger partial charge in [0.1, 0.15) is 0 Å². The van der Waals surface area contributed by atoms with Crippen LogP contribution in [0.4, 0.5) is 0 Å². The third-order valence-corrected chi connectivity index (χ3v) is 2.27. The number of carbonyl (C=O) groups excluding carboxylic acids is 2. The number of H-pyrrole nitrogens is 1. The molecule has 0 aliphatic heterocycles. The molecule has 82 valence electrons. The Kier molecular flexibility index (Phi) is 4.09. The van der Waals surface area contributed by atoms with E-state index >= 15 is 0 Å². The quantitative estimate of drug-likeness (QED) is 0.595. The van der Waals surface area contributed by atoms with Crippen molar-refractivity contribution in [1.29, 1.82) is 0 Å². The Bertz CT molecular complexity index is 343. The summed E-state index contributed by atoms with van der Waals surface area (Å²) in [6, 6.07) is 1.66. The molecule has 1 rings (SSSR count). The molecule has 0 bridgehead atoms. The van der Waals surface area contributed by atoms with Gasteiger partial charge in [0.15, 0.2) is 6.29 Å². The molecule has 4 heteroatoms. The molecule has 0 amide bonds. The molecule has 1 atom stereocenters. The molecular formula is C11H15NO3. The lowest BCUT2D eigenvalue weighted by molar-refractivity contribution is -0.145. The van der Waals surface area contributed by atoms with Gasteiger partial charge < -0.3 is 9.72 Å². The zero-order valence-electron chi connectivity index (χ0n) is 8.95. The van der Waals surface area contributed by atoms with Crippen LogP contribution in [0.1, 0.15) is 42.2 Å². The van der Waals surface area contributed by atoms with Gasteiger partial charge in [0.05, 0.1) is 12.5 Å². The first-order chi connectivity index (χ1) is 7.24. The predicted octanol–water partition coefficient (Wildman–Crippen LogP) is 1.88. The van der Waals surface area contributed by atoms with Crippen LogP contribution in [-0.2, 0) is 9.53 Å². The monoisotopic (exact) mass is 209 g/mol. The van der Waals surface area contributed by atoms with E-state index in [9.17, 15) is 9.59 Å². The van der Waals surface area contributed by atoms with Gasteiger partial charge in [0.2, 0.25) is 0 Å². The van der Waals surface area contributed by atoms with Crippen molar-refractivity contribution in [2.24, 2.45) is 0 Å². The van der Waals surface area contributed by atoms with E-state index in [1.54, 1.807) is 19.2 Å². The van der Waals surface area contributed by atoms with Gasteiger partial charge in [-0.1, -0.05) is 6.92 Å². The highest BCUT2D eigenvalue weighted by molar-refractivity contribution is 5.84. The Morgan fingerprint density at radius 2 is 2.33 bits per heavy atom. The first-order valence-electron chi connectivity index (χ1n) is 5.03.